The van der Waals surface area contributed by atoms with Crippen molar-refractivity contribution in [3.05, 3.63) is 71.6 Å². The van der Waals surface area contributed by atoms with Crippen LogP contribution in [0.2, 0.25) is 0 Å². The van der Waals surface area contributed by atoms with Gasteiger partial charge in [-0.2, -0.15) is 0 Å². The van der Waals surface area contributed by atoms with Crippen LogP contribution in [0.1, 0.15) is 48.0 Å². The first kappa shape index (κ1) is 20.2. The number of carbonyl (C=O) groups excluding carboxylic acids is 1. The topological polar surface area (TPSA) is 88.2 Å². The summed E-state index contributed by atoms with van der Waals surface area (Å²) in [5.74, 6) is -0.318. The smallest absolute Gasteiger partial charge is 0.251 e. The van der Waals surface area contributed by atoms with Gasteiger partial charge in [-0.25, -0.2) is 13.1 Å². The minimum Gasteiger partial charge on any atom is -0.348 e. The SMILES string of the molecule is O=C(NCc1ccncc1)c1cccc(S(=O)(=O)NCCC2=CCCCC2)c1. The highest BCUT2D eigenvalue weighted by Crippen LogP contribution is 2.20. The number of nitrogens with zero attached hydrogens (tertiary/aromatic N) is 1. The standard InChI is InChI=1S/C21H25N3O3S/c25-21(23-16-18-9-12-22-13-10-18)19-7-4-8-20(15-19)28(26,27)24-14-11-17-5-2-1-3-6-17/h4-5,7-10,12-13,15,24H,1-3,6,11,14,16H2,(H,23,25). The maximum Gasteiger partial charge on any atom is 0.251 e. The molecule has 0 bridgehead atoms. The Hall–Kier alpha value is -2.51. The van der Waals surface area contributed by atoms with Crippen LogP contribution in [0.4, 0.5) is 0 Å². The molecule has 7 heteroatoms. The molecule has 3 rings (SSSR count). The summed E-state index contributed by atoms with van der Waals surface area (Å²) in [5.41, 5.74) is 2.55. The van der Waals surface area contributed by atoms with Crippen LogP contribution < -0.4 is 10.0 Å². The second-order valence-electron chi connectivity index (χ2n) is 6.82. The van der Waals surface area contributed by atoms with E-state index in [-0.39, 0.29) is 10.8 Å². The maximum atomic E-state index is 12.6. The van der Waals surface area contributed by atoms with E-state index >= 15 is 0 Å². The summed E-state index contributed by atoms with van der Waals surface area (Å²) >= 11 is 0. The van der Waals surface area contributed by atoms with Gasteiger partial charge in [-0.3, -0.25) is 9.78 Å². The van der Waals surface area contributed by atoms with Crippen LogP contribution in [-0.4, -0.2) is 25.9 Å². The molecule has 1 aromatic heterocycles. The summed E-state index contributed by atoms with van der Waals surface area (Å²) in [6.07, 6.45) is 10.8. The minimum atomic E-state index is -3.65. The molecule has 0 spiro atoms. The minimum absolute atomic E-state index is 0.0988. The van der Waals surface area contributed by atoms with Gasteiger partial charge in [0.2, 0.25) is 10.0 Å². The number of carbonyl (C=O) groups is 1. The van der Waals surface area contributed by atoms with Gasteiger partial charge in [0.15, 0.2) is 0 Å². The molecule has 0 atom stereocenters. The third kappa shape index (κ3) is 5.74. The number of benzene rings is 1. The zero-order chi connectivity index (χ0) is 19.8. The lowest BCUT2D eigenvalue weighted by molar-refractivity contribution is 0.0950. The number of nitrogens with one attached hydrogen (secondary N) is 2. The van der Waals surface area contributed by atoms with Crippen molar-refractivity contribution in [1.29, 1.82) is 0 Å². The lowest BCUT2D eigenvalue weighted by Gasteiger charge is -2.13. The molecular weight excluding hydrogens is 374 g/mol. The molecule has 28 heavy (non-hydrogen) atoms. The number of aromatic nitrogens is 1. The Morgan fingerprint density at radius 3 is 2.68 bits per heavy atom. The summed E-state index contributed by atoms with van der Waals surface area (Å²) in [6, 6.07) is 9.72. The second kappa shape index (κ2) is 9.61. The van der Waals surface area contributed by atoms with Gasteiger partial charge in [0.25, 0.3) is 5.91 Å². The number of pyridine rings is 1. The molecule has 2 aromatic rings. The molecule has 1 aliphatic carbocycles. The van der Waals surface area contributed by atoms with Crippen LogP contribution in [0.15, 0.2) is 65.3 Å². The van der Waals surface area contributed by atoms with E-state index in [0.717, 1.165) is 24.8 Å². The van der Waals surface area contributed by atoms with Gasteiger partial charge in [0.05, 0.1) is 4.90 Å². The number of hydrogen-bond acceptors (Lipinski definition) is 4. The normalized spacial score (nSPS) is 14.4. The molecule has 0 saturated carbocycles. The van der Waals surface area contributed by atoms with E-state index in [1.54, 1.807) is 24.5 Å². The lowest BCUT2D eigenvalue weighted by atomic mass is 9.97. The molecular formula is C21H25N3O3S. The highest BCUT2D eigenvalue weighted by atomic mass is 32.2. The molecule has 1 aliphatic rings. The van der Waals surface area contributed by atoms with Crippen LogP contribution in [-0.2, 0) is 16.6 Å². The first-order valence-corrected chi connectivity index (χ1v) is 11.0. The van der Waals surface area contributed by atoms with E-state index in [4.69, 9.17) is 0 Å². The molecule has 6 nitrogen and oxygen atoms in total. The van der Waals surface area contributed by atoms with Crippen molar-refractivity contribution in [2.75, 3.05) is 6.54 Å². The van der Waals surface area contributed by atoms with Gasteiger partial charge in [0.1, 0.15) is 0 Å². The molecule has 148 valence electrons. The molecule has 1 heterocycles. The molecule has 0 unspecified atom stereocenters. The largest absolute Gasteiger partial charge is 0.348 e. The Balaban J connectivity index is 1.59. The maximum absolute atomic E-state index is 12.6. The number of rotatable bonds is 8. The molecule has 0 saturated heterocycles. The summed E-state index contributed by atoms with van der Waals surface area (Å²) in [5, 5.41) is 2.79. The van der Waals surface area contributed by atoms with E-state index in [2.05, 4.69) is 21.1 Å². The van der Waals surface area contributed by atoms with Gasteiger partial charge < -0.3 is 5.32 Å². The Morgan fingerprint density at radius 1 is 1.11 bits per heavy atom. The van der Waals surface area contributed by atoms with Crippen molar-refractivity contribution in [3.8, 4) is 0 Å². The molecule has 0 radical (unpaired) electrons. The number of allylic oxidation sites excluding steroid dienone is 1. The van der Waals surface area contributed by atoms with Crippen molar-refractivity contribution in [2.45, 2.75) is 43.5 Å². The second-order valence-corrected chi connectivity index (χ2v) is 8.59. The number of sulfonamides is 1. The van der Waals surface area contributed by atoms with E-state index < -0.39 is 10.0 Å². The summed E-state index contributed by atoms with van der Waals surface area (Å²) in [6.45, 7) is 0.721. The fourth-order valence-electron chi connectivity index (χ4n) is 3.15. The van der Waals surface area contributed by atoms with Gasteiger partial charge in [-0.1, -0.05) is 17.7 Å². The molecule has 2 N–H and O–H groups in total. The van der Waals surface area contributed by atoms with Crippen molar-refractivity contribution < 1.29 is 13.2 Å². The van der Waals surface area contributed by atoms with E-state index in [1.807, 2.05) is 12.1 Å². The summed E-state index contributed by atoms with van der Waals surface area (Å²) in [7, 11) is -3.65. The van der Waals surface area contributed by atoms with Crippen molar-refractivity contribution in [2.24, 2.45) is 0 Å². The fraction of sp³-hybridized carbons (Fsp3) is 0.333. The quantitative estimate of drug-likeness (QED) is 0.668. The first-order valence-electron chi connectivity index (χ1n) is 9.49. The van der Waals surface area contributed by atoms with Crippen LogP contribution in [0.5, 0.6) is 0 Å². The average Bonchev–Trinajstić information content (AvgIpc) is 2.73. The van der Waals surface area contributed by atoms with Crippen LogP contribution in [0.3, 0.4) is 0 Å². The fourth-order valence-corrected chi connectivity index (χ4v) is 4.23. The van der Waals surface area contributed by atoms with Gasteiger partial charge in [0, 0.05) is 31.0 Å². The van der Waals surface area contributed by atoms with Gasteiger partial charge in [-0.15, -0.1) is 0 Å². The van der Waals surface area contributed by atoms with Crippen molar-refractivity contribution >= 4 is 15.9 Å². The van der Waals surface area contributed by atoms with Crippen molar-refractivity contribution in [1.82, 2.24) is 15.0 Å². The Labute approximate surface area is 166 Å². The molecule has 0 fully saturated rings. The van der Waals surface area contributed by atoms with Crippen LogP contribution >= 0.6 is 0 Å². The van der Waals surface area contributed by atoms with Gasteiger partial charge >= 0.3 is 0 Å². The Morgan fingerprint density at radius 2 is 1.93 bits per heavy atom. The molecule has 1 aromatic carbocycles. The zero-order valence-electron chi connectivity index (χ0n) is 15.7. The summed E-state index contributed by atoms with van der Waals surface area (Å²) < 4.78 is 27.8. The lowest BCUT2D eigenvalue weighted by Crippen LogP contribution is -2.26. The van der Waals surface area contributed by atoms with Crippen molar-refractivity contribution in [3.63, 3.8) is 0 Å². The van der Waals surface area contributed by atoms with E-state index in [0.29, 0.717) is 18.7 Å². The average molecular weight is 400 g/mol. The zero-order valence-corrected chi connectivity index (χ0v) is 16.5. The monoisotopic (exact) mass is 399 g/mol. The van der Waals surface area contributed by atoms with Crippen LogP contribution in [0.25, 0.3) is 0 Å². The Bertz CT molecular complexity index is 940. The van der Waals surface area contributed by atoms with Gasteiger partial charge in [-0.05, 0) is 68.0 Å². The number of amides is 1. The van der Waals surface area contributed by atoms with Crippen LogP contribution in [0, 0.1) is 0 Å². The third-order valence-corrected chi connectivity index (χ3v) is 6.19. The highest BCUT2D eigenvalue weighted by molar-refractivity contribution is 7.89. The van der Waals surface area contributed by atoms with E-state index in [1.165, 1.54) is 30.5 Å². The van der Waals surface area contributed by atoms with E-state index in [9.17, 15) is 13.2 Å². The molecule has 1 amide bonds. The Kier molecular flexibility index (Phi) is 6.95. The summed E-state index contributed by atoms with van der Waals surface area (Å²) in [4.78, 5) is 16.4. The highest BCUT2D eigenvalue weighted by Gasteiger charge is 2.16. The predicted octanol–water partition coefficient (Wildman–Crippen LogP) is 3.18. The number of hydrogen-bond donors (Lipinski definition) is 2. The predicted molar refractivity (Wildman–Crippen MR) is 108 cm³/mol. The first-order chi connectivity index (χ1) is 13.5. The molecule has 0 aliphatic heterocycles. The third-order valence-electron chi connectivity index (χ3n) is 4.73.